The van der Waals surface area contributed by atoms with Crippen molar-refractivity contribution in [1.82, 2.24) is 5.32 Å². The molecule has 0 bridgehead atoms. The van der Waals surface area contributed by atoms with Gasteiger partial charge in [0.15, 0.2) is 0 Å². The predicted octanol–water partition coefficient (Wildman–Crippen LogP) is 3.32. The number of benzene rings is 2. The first-order chi connectivity index (χ1) is 12.8. The third kappa shape index (κ3) is 4.55. The molecule has 6 nitrogen and oxygen atoms in total. The summed E-state index contributed by atoms with van der Waals surface area (Å²) in [6.07, 6.45) is 3.40. The average molecular weight is 353 g/mol. The Kier molecular flexibility index (Phi) is 6.11. The number of hydrogen-bond donors (Lipinski definition) is 2. The van der Waals surface area contributed by atoms with Crippen LogP contribution in [0.15, 0.2) is 54.7 Å². The van der Waals surface area contributed by atoms with E-state index in [9.17, 15) is 4.79 Å². The highest BCUT2D eigenvalue weighted by atomic mass is 16.5. The quantitative estimate of drug-likeness (QED) is 0.866. The van der Waals surface area contributed by atoms with Crippen LogP contribution in [-0.4, -0.2) is 39.4 Å². The summed E-state index contributed by atoms with van der Waals surface area (Å²) in [6, 6.07) is 15.1. The molecule has 3 rings (SSSR count). The Morgan fingerprint density at radius 1 is 1.12 bits per heavy atom. The zero-order chi connectivity index (χ0) is 18.2. The zero-order valence-electron chi connectivity index (χ0n) is 14.8. The lowest BCUT2D eigenvalue weighted by molar-refractivity contribution is 0.123. The molecule has 2 amide bonds. The summed E-state index contributed by atoms with van der Waals surface area (Å²) in [5.41, 5.74) is 2.67. The summed E-state index contributed by atoms with van der Waals surface area (Å²) in [4.78, 5) is 14.5. The smallest absolute Gasteiger partial charge is 0.323 e. The molecule has 0 spiro atoms. The number of rotatable bonds is 5. The molecule has 136 valence electrons. The predicted molar refractivity (Wildman–Crippen MR) is 104 cm³/mol. The van der Waals surface area contributed by atoms with Gasteiger partial charge in [0.05, 0.1) is 31.7 Å². The van der Waals surface area contributed by atoms with E-state index in [1.807, 2.05) is 48.5 Å². The number of ether oxygens (including phenoxy) is 2. The minimum absolute atomic E-state index is 0.295. The van der Waals surface area contributed by atoms with Gasteiger partial charge in [0, 0.05) is 24.9 Å². The second-order valence-corrected chi connectivity index (χ2v) is 5.79. The lowest BCUT2D eigenvalue weighted by atomic mass is 10.2. The van der Waals surface area contributed by atoms with Crippen molar-refractivity contribution < 1.29 is 14.3 Å². The van der Waals surface area contributed by atoms with Crippen molar-refractivity contribution in [3.63, 3.8) is 0 Å². The maximum absolute atomic E-state index is 12.2. The number of methoxy groups -OCH3 is 1. The van der Waals surface area contributed by atoms with Crippen molar-refractivity contribution in [2.24, 2.45) is 0 Å². The van der Waals surface area contributed by atoms with E-state index < -0.39 is 0 Å². The van der Waals surface area contributed by atoms with Crippen LogP contribution in [0, 0.1) is 0 Å². The lowest BCUT2D eigenvalue weighted by Crippen LogP contribution is -2.37. The molecule has 2 aromatic carbocycles. The number of para-hydroxylation sites is 3. The van der Waals surface area contributed by atoms with Gasteiger partial charge in [-0.05, 0) is 24.3 Å². The number of morpholine rings is 1. The van der Waals surface area contributed by atoms with Crippen molar-refractivity contribution in [2.75, 3.05) is 43.6 Å². The number of urea groups is 1. The molecular weight excluding hydrogens is 330 g/mol. The summed E-state index contributed by atoms with van der Waals surface area (Å²) in [6.45, 7) is 3.02. The molecule has 1 saturated heterocycles. The van der Waals surface area contributed by atoms with Gasteiger partial charge in [-0.15, -0.1) is 0 Å². The zero-order valence-corrected chi connectivity index (χ0v) is 14.8. The van der Waals surface area contributed by atoms with Gasteiger partial charge in [-0.25, -0.2) is 4.79 Å². The molecule has 0 aromatic heterocycles. The summed E-state index contributed by atoms with van der Waals surface area (Å²) in [5, 5.41) is 5.64. The minimum Gasteiger partial charge on any atom is -0.496 e. The number of carbonyl (C=O) groups is 1. The van der Waals surface area contributed by atoms with Crippen LogP contribution in [0.5, 0.6) is 5.75 Å². The fraction of sp³-hybridized carbons (Fsp3) is 0.250. The van der Waals surface area contributed by atoms with Crippen LogP contribution in [-0.2, 0) is 4.74 Å². The molecule has 1 heterocycles. The van der Waals surface area contributed by atoms with Crippen LogP contribution < -0.4 is 20.3 Å². The maximum atomic E-state index is 12.2. The maximum Gasteiger partial charge on any atom is 0.323 e. The third-order valence-corrected chi connectivity index (χ3v) is 4.12. The Balaban J connectivity index is 1.62. The van der Waals surface area contributed by atoms with Gasteiger partial charge >= 0.3 is 6.03 Å². The summed E-state index contributed by atoms with van der Waals surface area (Å²) in [5.74, 6) is 0.753. The van der Waals surface area contributed by atoms with Crippen molar-refractivity contribution in [3.05, 3.63) is 60.3 Å². The van der Waals surface area contributed by atoms with Crippen LogP contribution in [0.2, 0.25) is 0 Å². The molecule has 0 atom stereocenters. The Bertz CT molecular complexity index is 770. The molecule has 1 aliphatic rings. The largest absolute Gasteiger partial charge is 0.496 e. The Morgan fingerprint density at radius 3 is 2.65 bits per heavy atom. The number of hydrogen-bond acceptors (Lipinski definition) is 4. The van der Waals surface area contributed by atoms with Crippen LogP contribution in [0.3, 0.4) is 0 Å². The SMILES string of the molecule is COc1ccccc1/C=C/NC(=O)Nc1ccccc1N1CCOCC1. The summed E-state index contributed by atoms with van der Waals surface area (Å²) < 4.78 is 10.7. The summed E-state index contributed by atoms with van der Waals surface area (Å²) in [7, 11) is 1.62. The van der Waals surface area contributed by atoms with Gasteiger partial charge in [0.2, 0.25) is 0 Å². The minimum atomic E-state index is -0.295. The molecule has 0 unspecified atom stereocenters. The monoisotopic (exact) mass is 353 g/mol. The van der Waals surface area contributed by atoms with Gasteiger partial charge in [0.1, 0.15) is 5.75 Å². The van der Waals surface area contributed by atoms with Gasteiger partial charge in [-0.3, -0.25) is 0 Å². The highest BCUT2D eigenvalue weighted by Crippen LogP contribution is 2.26. The van der Waals surface area contributed by atoms with Crippen LogP contribution >= 0.6 is 0 Å². The number of anilines is 2. The summed E-state index contributed by atoms with van der Waals surface area (Å²) >= 11 is 0. The van der Waals surface area contributed by atoms with Crippen molar-refractivity contribution in [1.29, 1.82) is 0 Å². The first-order valence-corrected chi connectivity index (χ1v) is 8.57. The first-order valence-electron chi connectivity index (χ1n) is 8.57. The number of nitrogens with zero attached hydrogens (tertiary/aromatic N) is 1. The van der Waals surface area contributed by atoms with Gasteiger partial charge in [-0.2, -0.15) is 0 Å². The van der Waals surface area contributed by atoms with E-state index in [2.05, 4.69) is 15.5 Å². The van der Waals surface area contributed by atoms with E-state index in [1.54, 1.807) is 19.4 Å². The molecule has 1 fully saturated rings. The molecular formula is C20H23N3O3. The molecule has 0 aliphatic carbocycles. The van der Waals surface area contributed by atoms with Crippen molar-refractivity contribution >= 4 is 23.5 Å². The van der Waals surface area contributed by atoms with Crippen LogP contribution in [0.4, 0.5) is 16.2 Å². The Labute approximate surface area is 153 Å². The third-order valence-electron chi connectivity index (χ3n) is 4.12. The van der Waals surface area contributed by atoms with Crippen molar-refractivity contribution in [3.8, 4) is 5.75 Å². The molecule has 0 saturated carbocycles. The second kappa shape index (κ2) is 8.92. The van der Waals surface area contributed by atoms with E-state index in [4.69, 9.17) is 9.47 Å². The number of nitrogens with one attached hydrogen (secondary N) is 2. The Morgan fingerprint density at radius 2 is 1.85 bits per heavy atom. The lowest BCUT2D eigenvalue weighted by Gasteiger charge is -2.30. The number of carbonyl (C=O) groups excluding carboxylic acids is 1. The van der Waals surface area contributed by atoms with E-state index in [0.717, 1.165) is 35.8 Å². The highest BCUT2D eigenvalue weighted by Gasteiger charge is 2.15. The molecule has 26 heavy (non-hydrogen) atoms. The van der Waals surface area contributed by atoms with Crippen LogP contribution in [0.25, 0.3) is 6.08 Å². The Hall–Kier alpha value is -2.99. The van der Waals surface area contributed by atoms with E-state index in [1.165, 1.54) is 0 Å². The van der Waals surface area contributed by atoms with Gasteiger partial charge in [0.25, 0.3) is 0 Å². The number of amides is 2. The standard InChI is InChI=1S/C20H23N3O3/c1-25-19-9-5-2-6-16(19)10-11-21-20(24)22-17-7-3-4-8-18(17)23-12-14-26-15-13-23/h2-11H,12-15H2,1H3,(H2,21,22,24)/b11-10+. The van der Waals surface area contributed by atoms with E-state index >= 15 is 0 Å². The van der Waals surface area contributed by atoms with E-state index in [-0.39, 0.29) is 6.03 Å². The first kappa shape index (κ1) is 17.8. The molecule has 0 radical (unpaired) electrons. The van der Waals surface area contributed by atoms with Crippen LogP contribution in [0.1, 0.15) is 5.56 Å². The second-order valence-electron chi connectivity index (χ2n) is 5.79. The molecule has 6 heteroatoms. The molecule has 2 aromatic rings. The molecule has 1 aliphatic heterocycles. The highest BCUT2D eigenvalue weighted by molar-refractivity contribution is 5.94. The normalized spacial score (nSPS) is 14.3. The van der Waals surface area contributed by atoms with E-state index in [0.29, 0.717) is 13.2 Å². The fourth-order valence-electron chi connectivity index (χ4n) is 2.83. The van der Waals surface area contributed by atoms with Crippen molar-refractivity contribution in [2.45, 2.75) is 0 Å². The fourth-order valence-corrected chi connectivity index (χ4v) is 2.83. The van der Waals surface area contributed by atoms with Gasteiger partial charge in [-0.1, -0.05) is 30.3 Å². The molecule has 2 N–H and O–H groups in total. The van der Waals surface area contributed by atoms with Gasteiger partial charge < -0.3 is 25.0 Å². The average Bonchev–Trinajstić information content (AvgIpc) is 2.69. The topological polar surface area (TPSA) is 62.8 Å².